The number of aromatic nitrogens is 1. The summed E-state index contributed by atoms with van der Waals surface area (Å²) in [4.78, 5) is 7.50. The first-order valence-electron chi connectivity index (χ1n) is 5.72. The Balaban J connectivity index is 2.04. The normalized spacial score (nSPS) is 12.9. The monoisotopic (exact) mass is 281 g/mol. The molecular weight excluding hydrogens is 266 g/mol. The number of thiazole rings is 1. The molecule has 0 aliphatic heterocycles. The van der Waals surface area contributed by atoms with Gasteiger partial charge in [-0.3, -0.25) is 4.90 Å². The lowest BCUT2D eigenvalue weighted by atomic mass is 10.1. The molecule has 0 aliphatic rings. The van der Waals surface area contributed by atoms with Crippen LogP contribution in [0.15, 0.2) is 30.5 Å². The van der Waals surface area contributed by atoms with Crippen molar-refractivity contribution in [2.24, 2.45) is 0 Å². The van der Waals surface area contributed by atoms with E-state index in [4.69, 9.17) is 17.3 Å². The van der Waals surface area contributed by atoms with E-state index in [-0.39, 0.29) is 0 Å². The third-order valence-electron chi connectivity index (χ3n) is 2.99. The van der Waals surface area contributed by atoms with Gasteiger partial charge in [-0.05, 0) is 31.7 Å². The second-order valence-electron chi connectivity index (χ2n) is 4.31. The molecule has 0 saturated carbocycles. The number of hydrogen-bond acceptors (Lipinski definition) is 4. The molecule has 1 aromatic heterocycles. The van der Waals surface area contributed by atoms with Crippen molar-refractivity contribution >= 4 is 28.1 Å². The molecule has 0 spiro atoms. The lowest BCUT2D eigenvalue weighted by molar-refractivity contribution is 0.255. The number of hydrogen-bond donors (Lipinski definition) is 1. The molecule has 0 amide bonds. The zero-order valence-electron chi connectivity index (χ0n) is 10.4. The maximum Gasteiger partial charge on any atom is 0.180 e. The van der Waals surface area contributed by atoms with Gasteiger partial charge in [0, 0.05) is 28.7 Å². The molecule has 2 aromatic rings. The van der Waals surface area contributed by atoms with Crippen molar-refractivity contribution in [1.29, 1.82) is 0 Å². The van der Waals surface area contributed by atoms with Gasteiger partial charge < -0.3 is 5.73 Å². The summed E-state index contributed by atoms with van der Waals surface area (Å²) in [7, 11) is 2.09. The minimum atomic E-state index is 0.325. The fourth-order valence-corrected chi connectivity index (χ4v) is 2.65. The predicted molar refractivity (Wildman–Crippen MR) is 77.9 cm³/mol. The Kier molecular flexibility index (Phi) is 4.22. The van der Waals surface area contributed by atoms with Crippen LogP contribution in [0.25, 0.3) is 0 Å². The number of benzene rings is 1. The fraction of sp³-hybridized carbons (Fsp3) is 0.308. The van der Waals surface area contributed by atoms with Crippen molar-refractivity contribution in [3.8, 4) is 0 Å². The lowest BCUT2D eigenvalue weighted by Gasteiger charge is -2.24. The average Bonchev–Trinajstić information content (AvgIpc) is 2.75. The highest BCUT2D eigenvalue weighted by atomic mass is 35.5. The highest BCUT2D eigenvalue weighted by Crippen LogP contribution is 2.24. The smallest absolute Gasteiger partial charge is 0.180 e. The van der Waals surface area contributed by atoms with E-state index in [0.717, 1.165) is 11.6 Å². The van der Waals surface area contributed by atoms with Gasteiger partial charge in [0.05, 0.1) is 0 Å². The van der Waals surface area contributed by atoms with Crippen LogP contribution in [0.5, 0.6) is 0 Å². The molecule has 96 valence electrons. The Morgan fingerprint density at radius 2 is 2.06 bits per heavy atom. The second kappa shape index (κ2) is 5.69. The molecule has 2 rings (SSSR count). The Hall–Kier alpha value is -1.10. The van der Waals surface area contributed by atoms with Crippen LogP contribution in [0.1, 0.15) is 23.4 Å². The van der Waals surface area contributed by atoms with E-state index in [1.165, 1.54) is 21.8 Å². The van der Waals surface area contributed by atoms with Gasteiger partial charge in [-0.2, -0.15) is 0 Å². The summed E-state index contributed by atoms with van der Waals surface area (Å²) >= 11 is 7.43. The number of anilines is 1. The van der Waals surface area contributed by atoms with Gasteiger partial charge in [0.2, 0.25) is 0 Å². The number of nitrogens with two attached hydrogens (primary N) is 1. The molecular formula is C13H16ClN3S. The van der Waals surface area contributed by atoms with Gasteiger partial charge >= 0.3 is 0 Å². The molecule has 1 unspecified atom stereocenters. The molecule has 1 aromatic carbocycles. The van der Waals surface area contributed by atoms with E-state index >= 15 is 0 Å². The zero-order valence-corrected chi connectivity index (χ0v) is 12.0. The van der Waals surface area contributed by atoms with Crippen LogP contribution in [-0.4, -0.2) is 16.9 Å². The molecule has 0 aliphatic carbocycles. The quantitative estimate of drug-likeness (QED) is 0.931. The Morgan fingerprint density at radius 1 is 1.39 bits per heavy atom. The fourth-order valence-electron chi connectivity index (χ4n) is 1.77. The average molecular weight is 282 g/mol. The van der Waals surface area contributed by atoms with Crippen LogP contribution in [0.3, 0.4) is 0 Å². The first-order valence-corrected chi connectivity index (χ1v) is 6.91. The van der Waals surface area contributed by atoms with Crippen molar-refractivity contribution < 1.29 is 0 Å². The first-order chi connectivity index (χ1) is 8.56. The molecule has 18 heavy (non-hydrogen) atoms. The summed E-state index contributed by atoms with van der Waals surface area (Å²) in [6.45, 7) is 3.02. The zero-order chi connectivity index (χ0) is 13.1. The van der Waals surface area contributed by atoms with Crippen molar-refractivity contribution in [2.75, 3.05) is 12.8 Å². The van der Waals surface area contributed by atoms with Crippen molar-refractivity contribution in [1.82, 2.24) is 9.88 Å². The SMILES string of the molecule is CC(c1ccc(Cl)cc1)N(C)Cc1cnc(N)s1. The molecule has 2 N–H and O–H groups in total. The Bertz CT molecular complexity index is 509. The Labute approximate surface area is 116 Å². The summed E-state index contributed by atoms with van der Waals surface area (Å²) < 4.78 is 0. The minimum Gasteiger partial charge on any atom is -0.375 e. The molecule has 1 atom stereocenters. The van der Waals surface area contributed by atoms with Crippen LogP contribution < -0.4 is 5.73 Å². The van der Waals surface area contributed by atoms with Crippen LogP contribution >= 0.6 is 22.9 Å². The van der Waals surface area contributed by atoms with Crippen molar-refractivity contribution in [3.63, 3.8) is 0 Å². The number of halogens is 1. The van der Waals surface area contributed by atoms with Gasteiger partial charge in [-0.15, -0.1) is 11.3 Å². The van der Waals surface area contributed by atoms with Crippen LogP contribution in [0.2, 0.25) is 5.02 Å². The number of nitrogen functional groups attached to an aromatic ring is 1. The summed E-state index contributed by atoms with van der Waals surface area (Å²) in [6.07, 6.45) is 1.84. The third kappa shape index (κ3) is 3.22. The standard InChI is InChI=1S/C13H16ClN3S/c1-9(10-3-5-11(14)6-4-10)17(2)8-12-7-16-13(15)18-12/h3-7,9H,8H2,1-2H3,(H2,15,16). The molecule has 0 bridgehead atoms. The van der Waals surface area contributed by atoms with E-state index in [0.29, 0.717) is 11.2 Å². The summed E-state index contributed by atoms with van der Waals surface area (Å²) in [5.41, 5.74) is 6.88. The van der Waals surface area contributed by atoms with Gasteiger partial charge in [-0.1, -0.05) is 23.7 Å². The maximum atomic E-state index is 5.89. The lowest BCUT2D eigenvalue weighted by Crippen LogP contribution is -2.21. The van der Waals surface area contributed by atoms with E-state index in [2.05, 4.69) is 36.0 Å². The Morgan fingerprint density at radius 3 is 2.61 bits per heavy atom. The maximum absolute atomic E-state index is 5.89. The van der Waals surface area contributed by atoms with E-state index in [9.17, 15) is 0 Å². The van der Waals surface area contributed by atoms with Crippen molar-refractivity contribution in [2.45, 2.75) is 19.5 Å². The van der Waals surface area contributed by atoms with Crippen LogP contribution in [0, 0.1) is 0 Å². The van der Waals surface area contributed by atoms with Crippen LogP contribution in [0.4, 0.5) is 5.13 Å². The van der Waals surface area contributed by atoms with Gasteiger partial charge in [0.1, 0.15) is 0 Å². The summed E-state index contributed by atoms with van der Waals surface area (Å²) in [6, 6.07) is 8.29. The van der Waals surface area contributed by atoms with Gasteiger partial charge in [0.25, 0.3) is 0 Å². The highest BCUT2D eigenvalue weighted by molar-refractivity contribution is 7.15. The van der Waals surface area contributed by atoms with Crippen LogP contribution in [-0.2, 0) is 6.54 Å². The molecule has 3 nitrogen and oxygen atoms in total. The van der Waals surface area contributed by atoms with E-state index in [1.54, 1.807) is 0 Å². The molecule has 0 radical (unpaired) electrons. The molecule has 1 heterocycles. The largest absolute Gasteiger partial charge is 0.375 e. The second-order valence-corrected chi connectivity index (χ2v) is 5.89. The van der Waals surface area contributed by atoms with E-state index in [1.807, 2.05) is 18.3 Å². The third-order valence-corrected chi connectivity index (χ3v) is 4.05. The van der Waals surface area contributed by atoms with E-state index < -0.39 is 0 Å². The number of rotatable bonds is 4. The molecule has 0 saturated heterocycles. The topological polar surface area (TPSA) is 42.2 Å². The van der Waals surface area contributed by atoms with Crippen molar-refractivity contribution in [3.05, 3.63) is 45.9 Å². The first kappa shape index (κ1) is 13.3. The number of nitrogens with zero attached hydrogens (tertiary/aromatic N) is 2. The molecule has 0 fully saturated rings. The summed E-state index contributed by atoms with van der Waals surface area (Å²) in [5.74, 6) is 0. The molecule has 5 heteroatoms. The van der Waals surface area contributed by atoms with Gasteiger partial charge in [0.15, 0.2) is 5.13 Å². The minimum absolute atomic E-state index is 0.325. The predicted octanol–water partition coefficient (Wildman–Crippen LogP) is 3.57. The highest BCUT2D eigenvalue weighted by Gasteiger charge is 2.13. The van der Waals surface area contributed by atoms with Gasteiger partial charge in [-0.25, -0.2) is 4.98 Å². The summed E-state index contributed by atoms with van der Waals surface area (Å²) in [5, 5.41) is 1.39.